The molecule has 0 aliphatic heterocycles. The second-order valence-corrected chi connectivity index (χ2v) is 6.79. The van der Waals surface area contributed by atoms with Gasteiger partial charge in [0.2, 0.25) is 0 Å². The third-order valence-electron chi connectivity index (χ3n) is 4.64. The van der Waals surface area contributed by atoms with Crippen LogP contribution < -0.4 is 22.9 Å². The van der Waals surface area contributed by atoms with E-state index in [0.717, 1.165) is 0 Å². The maximum atomic E-state index is 12.0. The van der Waals surface area contributed by atoms with Crippen LogP contribution >= 0.6 is 0 Å². The van der Waals surface area contributed by atoms with E-state index in [2.05, 4.69) is 62.9 Å². The molecule has 0 fully saturated rings. The number of hydrogen-bond donors (Lipinski definition) is 6. The molecule has 198 valence electrons. The van der Waals surface area contributed by atoms with Crippen LogP contribution in [0.2, 0.25) is 0 Å². The Labute approximate surface area is 213 Å². The number of carbonyl (C=O) groups is 2. The van der Waals surface area contributed by atoms with Crippen LogP contribution in [-0.4, -0.2) is 56.7 Å². The average Bonchev–Trinajstić information content (AvgIpc) is 2.87. The van der Waals surface area contributed by atoms with E-state index in [1.54, 1.807) is 0 Å². The standard InChI is InChI=1S/C19H23N15O4/c1-24-12-6(18(35)36)14(10(22)16(8(12)20)31-26-3)33-28-5-29-34-15-7(19(37)38)13(30-25-2)9(21)17(11(15)23)32-27-4/h1,5,20-23H2,2-4H3,(H,35,36)(H,37,38). The minimum Gasteiger partial charge on any atom is -0.478 e. The molecule has 0 spiro atoms. The van der Waals surface area contributed by atoms with Crippen molar-refractivity contribution in [1.29, 1.82) is 0 Å². The number of carboxylic acid groups (broad SMARTS) is 2. The number of anilines is 4. The number of hydrogen-bond acceptors (Lipinski definition) is 17. The smallest absolute Gasteiger partial charge is 0.340 e. The lowest BCUT2D eigenvalue weighted by molar-refractivity contribution is 0.0687. The highest BCUT2D eigenvalue weighted by Crippen LogP contribution is 2.49. The van der Waals surface area contributed by atoms with Gasteiger partial charge >= 0.3 is 11.9 Å². The number of aromatic carboxylic acids is 2. The SMILES string of the molecule is C=Nc1c(N)c(N=NC)c(N)c(N=NCN=Nc2c(N)c(N=NC)c(N)c(N=NC)c2C(=O)O)c1C(=O)O. The van der Waals surface area contributed by atoms with Gasteiger partial charge in [-0.3, -0.25) is 4.99 Å². The van der Waals surface area contributed by atoms with E-state index in [1.165, 1.54) is 21.1 Å². The van der Waals surface area contributed by atoms with Gasteiger partial charge in [-0.2, -0.15) is 51.1 Å². The normalized spacial score (nSPS) is 12.1. The van der Waals surface area contributed by atoms with Crippen molar-refractivity contribution in [3.8, 4) is 0 Å². The Hall–Kier alpha value is -5.75. The van der Waals surface area contributed by atoms with Gasteiger partial charge < -0.3 is 33.1 Å². The fourth-order valence-electron chi connectivity index (χ4n) is 3.13. The molecular weight excluding hydrogens is 502 g/mol. The van der Waals surface area contributed by atoms with Gasteiger partial charge in [-0.25, -0.2) is 9.59 Å². The van der Waals surface area contributed by atoms with Gasteiger partial charge in [0, 0.05) is 21.1 Å². The van der Waals surface area contributed by atoms with E-state index in [1.807, 2.05) is 0 Å². The number of nitrogens with zero attached hydrogens (tertiary/aromatic N) is 11. The van der Waals surface area contributed by atoms with E-state index in [4.69, 9.17) is 22.9 Å². The zero-order valence-electron chi connectivity index (χ0n) is 20.4. The molecule has 0 amide bonds. The number of nitrogen functional groups attached to an aromatic ring is 4. The minimum atomic E-state index is -1.47. The summed E-state index contributed by atoms with van der Waals surface area (Å²) in [4.78, 5) is 27.5. The molecule has 2 aromatic rings. The zero-order chi connectivity index (χ0) is 28.6. The van der Waals surface area contributed by atoms with Crippen LogP contribution in [0.3, 0.4) is 0 Å². The molecule has 19 heteroatoms. The van der Waals surface area contributed by atoms with Gasteiger partial charge in [-0.05, 0) is 6.72 Å². The summed E-state index contributed by atoms with van der Waals surface area (Å²) < 4.78 is 0. The Balaban J connectivity index is 2.63. The Morgan fingerprint density at radius 3 is 1.26 bits per heavy atom. The number of aliphatic imine (C=N–C) groups is 1. The van der Waals surface area contributed by atoms with Crippen molar-refractivity contribution in [2.24, 2.45) is 56.1 Å². The number of azo groups is 5. The largest absolute Gasteiger partial charge is 0.478 e. The van der Waals surface area contributed by atoms with Crippen LogP contribution in [0.25, 0.3) is 0 Å². The molecule has 0 saturated heterocycles. The summed E-state index contributed by atoms with van der Waals surface area (Å²) >= 11 is 0. The van der Waals surface area contributed by atoms with Crippen LogP contribution in [0.1, 0.15) is 20.7 Å². The third kappa shape index (κ3) is 5.40. The van der Waals surface area contributed by atoms with Crippen molar-refractivity contribution in [2.45, 2.75) is 0 Å². The first kappa shape index (κ1) is 28.5. The zero-order valence-corrected chi connectivity index (χ0v) is 20.4. The molecule has 0 aliphatic rings. The molecule has 38 heavy (non-hydrogen) atoms. The first-order valence-electron chi connectivity index (χ1n) is 10.1. The van der Waals surface area contributed by atoms with Crippen molar-refractivity contribution >= 4 is 75.5 Å². The summed E-state index contributed by atoms with van der Waals surface area (Å²) in [5.74, 6) is -2.93. The Morgan fingerprint density at radius 2 is 0.921 bits per heavy atom. The second-order valence-electron chi connectivity index (χ2n) is 6.79. The molecule has 0 aliphatic carbocycles. The molecule has 0 radical (unpaired) electrons. The van der Waals surface area contributed by atoms with Crippen LogP contribution in [0.5, 0.6) is 0 Å². The summed E-state index contributed by atoms with van der Waals surface area (Å²) in [5, 5.41) is 56.7. The van der Waals surface area contributed by atoms with Crippen molar-refractivity contribution in [2.75, 3.05) is 50.7 Å². The summed E-state index contributed by atoms with van der Waals surface area (Å²) in [7, 11) is 4.00. The van der Waals surface area contributed by atoms with E-state index >= 15 is 0 Å². The van der Waals surface area contributed by atoms with Crippen molar-refractivity contribution < 1.29 is 19.8 Å². The molecule has 0 heterocycles. The molecule has 0 atom stereocenters. The summed E-state index contributed by atoms with van der Waals surface area (Å²) in [6.45, 7) is 2.79. The van der Waals surface area contributed by atoms with E-state index in [9.17, 15) is 19.8 Å². The van der Waals surface area contributed by atoms with Crippen LogP contribution in [0, 0.1) is 0 Å². The van der Waals surface area contributed by atoms with Crippen LogP contribution in [0.4, 0.5) is 56.9 Å². The number of carboxylic acids is 2. The number of rotatable bonds is 10. The first-order valence-corrected chi connectivity index (χ1v) is 10.1. The highest BCUT2D eigenvalue weighted by atomic mass is 16.4. The molecule has 0 unspecified atom stereocenters. The fraction of sp³-hybridized carbons (Fsp3) is 0.211. The average molecular weight is 525 g/mol. The molecule has 10 N–H and O–H groups in total. The Bertz CT molecular complexity index is 1440. The quantitative estimate of drug-likeness (QED) is 0.143. The van der Waals surface area contributed by atoms with E-state index in [-0.39, 0.29) is 56.9 Å². The molecule has 2 rings (SSSR count). The lowest BCUT2D eigenvalue weighted by Crippen LogP contribution is -2.04. The molecule has 0 aromatic heterocycles. The fourth-order valence-corrected chi connectivity index (χ4v) is 3.13. The molecule has 0 bridgehead atoms. The molecule has 0 saturated carbocycles. The molecular formula is C19H23N15O4. The van der Waals surface area contributed by atoms with Gasteiger partial charge in [0.25, 0.3) is 0 Å². The summed E-state index contributed by atoms with van der Waals surface area (Å²) in [5.41, 5.74) is 20.8. The number of nitrogens with two attached hydrogens (primary N) is 4. The Kier molecular flexibility index (Phi) is 9.21. The minimum absolute atomic E-state index is 0.0774. The maximum Gasteiger partial charge on any atom is 0.340 e. The summed E-state index contributed by atoms with van der Waals surface area (Å²) in [6.07, 6.45) is 0. The maximum absolute atomic E-state index is 12.0. The van der Waals surface area contributed by atoms with Crippen LogP contribution in [0.15, 0.2) is 56.1 Å². The topological polar surface area (TPSA) is 315 Å². The van der Waals surface area contributed by atoms with E-state index < -0.39 is 29.7 Å². The van der Waals surface area contributed by atoms with Gasteiger partial charge in [0.1, 0.15) is 45.3 Å². The Morgan fingerprint density at radius 1 is 0.605 bits per heavy atom. The molecule has 19 nitrogen and oxygen atoms in total. The van der Waals surface area contributed by atoms with Gasteiger partial charge in [0.05, 0.1) is 22.7 Å². The van der Waals surface area contributed by atoms with Crippen molar-refractivity contribution in [3.05, 3.63) is 11.1 Å². The number of benzene rings is 2. The predicted molar refractivity (Wildman–Crippen MR) is 139 cm³/mol. The van der Waals surface area contributed by atoms with Crippen LogP contribution in [-0.2, 0) is 0 Å². The van der Waals surface area contributed by atoms with Gasteiger partial charge in [-0.15, -0.1) is 0 Å². The predicted octanol–water partition coefficient (Wildman–Crippen LogP) is 4.71. The highest BCUT2D eigenvalue weighted by molar-refractivity contribution is 6.10. The lowest BCUT2D eigenvalue weighted by atomic mass is 10.1. The van der Waals surface area contributed by atoms with Crippen molar-refractivity contribution in [3.63, 3.8) is 0 Å². The van der Waals surface area contributed by atoms with Crippen molar-refractivity contribution in [1.82, 2.24) is 0 Å². The molecule has 2 aromatic carbocycles. The first-order chi connectivity index (χ1) is 18.1. The summed E-state index contributed by atoms with van der Waals surface area (Å²) in [6, 6.07) is 0. The second kappa shape index (κ2) is 12.3. The third-order valence-corrected chi connectivity index (χ3v) is 4.64. The monoisotopic (exact) mass is 525 g/mol. The van der Waals surface area contributed by atoms with E-state index in [0.29, 0.717) is 0 Å². The highest BCUT2D eigenvalue weighted by Gasteiger charge is 2.27. The van der Waals surface area contributed by atoms with Gasteiger partial charge in [-0.1, -0.05) is 0 Å². The lowest BCUT2D eigenvalue weighted by Gasteiger charge is -2.13. The van der Waals surface area contributed by atoms with Gasteiger partial charge in [0.15, 0.2) is 6.67 Å².